The number of allylic oxidation sites excluding steroid dienone is 1. The number of amides is 3. The molecule has 3 atom stereocenters. The fourth-order valence-corrected chi connectivity index (χ4v) is 7.51. The number of hydrogen-bond acceptors (Lipinski definition) is 10. The number of likely N-dealkylation sites (tertiary alicyclic amines) is 1. The highest BCUT2D eigenvalue weighted by molar-refractivity contribution is 7.84. The van der Waals surface area contributed by atoms with Crippen molar-refractivity contribution < 1.29 is 33.2 Å². The number of benzene rings is 1. The number of ether oxygens (including phenoxy) is 2. The number of aliphatic hydroxyl groups excluding tert-OH is 1. The van der Waals surface area contributed by atoms with Gasteiger partial charge in [-0.2, -0.15) is 0 Å². The van der Waals surface area contributed by atoms with Gasteiger partial charge >= 0.3 is 0 Å². The van der Waals surface area contributed by atoms with E-state index in [1.54, 1.807) is 35.5 Å². The summed E-state index contributed by atoms with van der Waals surface area (Å²) in [5, 5.41) is 16.2. The van der Waals surface area contributed by atoms with Gasteiger partial charge in [0.05, 0.1) is 35.9 Å². The minimum atomic E-state index is -1.08. The van der Waals surface area contributed by atoms with Crippen molar-refractivity contribution in [1.82, 2.24) is 24.9 Å². The number of thiazole rings is 1. The standard InChI is InChI=1S/C17H28N2O4.C17H18N2O2S.C4H7NO2S/c1-2-3-4-5-11-23-15(12-20)17(22)19-10-6-7-14(19)16(21)18-13-8-9-13;1-9(2)13-8-22-17(19-13)12-7-14(20)11-5-6-15(21-4)10(3)16(11)18-12;6-3-5-8(7)4-1-2-4/h2,13-15,20H,1,3-12H2,(H,18,21);5-9H,1-4H3,(H,18,20);3-4H,1-2H2,(H,5,6)/t14?,15-;;/m1../s1. The monoisotopic (exact) mass is 771 g/mol. The number of aryl methyl sites for hydroxylation is 1. The molecule has 53 heavy (non-hydrogen) atoms. The van der Waals surface area contributed by atoms with E-state index in [2.05, 4.69) is 40.4 Å². The lowest BCUT2D eigenvalue weighted by molar-refractivity contribution is -0.150. The van der Waals surface area contributed by atoms with E-state index in [9.17, 15) is 28.5 Å². The van der Waals surface area contributed by atoms with Gasteiger partial charge in [0.2, 0.25) is 12.3 Å². The van der Waals surface area contributed by atoms with Gasteiger partial charge in [-0.15, -0.1) is 17.9 Å². The largest absolute Gasteiger partial charge is 0.496 e. The molecule has 3 amide bonds. The number of fused-ring (bicyclic) bond motifs is 1. The van der Waals surface area contributed by atoms with E-state index in [0.29, 0.717) is 37.3 Å². The molecule has 0 bridgehead atoms. The van der Waals surface area contributed by atoms with Crippen LogP contribution in [0, 0.1) is 6.92 Å². The number of rotatable bonds is 16. The normalized spacial score (nSPS) is 17.5. The lowest BCUT2D eigenvalue weighted by Crippen LogP contribution is -2.50. The van der Waals surface area contributed by atoms with Crippen molar-refractivity contribution in [3.05, 3.63) is 57.7 Å². The first kappa shape index (κ1) is 41.8. The van der Waals surface area contributed by atoms with Crippen molar-refractivity contribution in [2.24, 2.45) is 0 Å². The lowest BCUT2D eigenvalue weighted by atomic mass is 10.1. The van der Waals surface area contributed by atoms with Crippen molar-refractivity contribution in [1.29, 1.82) is 0 Å². The molecule has 3 heterocycles. The van der Waals surface area contributed by atoms with Gasteiger partial charge < -0.3 is 29.8 Å². The molecule has 3 fully saturated rings. The highest BCUT2D eigenvalue weighted by Gasteiger charge is 2.39. The van der Waals surface area contributed by atoms with Crippen LogP contribution in [0.3, 0.4) is 0 Å². The molecule has 3 aromatic rings. The van der Waals surface area contributed by atoms with Crippen LogP contribution < -0.4 is 20.2 Å². The predicted molar refractivity (Wildman–Crippen MR) is 208 cm³/mol. The number of aromatic nitrogens is 2. The highest BCUT2D eigenvalue weighted by atomic mass is 32.2. The number of carbonyl (C=O) groups is 3. The molecule has 2 saturated carbocycles. The summed E-state index contributed by atoms with van der Waals surface area (Å²) >= 11 is 1.55. The first-order chi connectivity index (χ1) is 25.5. The second kappa shape index (κ2) is 20.5. The minimum absolute atomic E-state index is 0.00389. The van der Waals surface area contributed by atoms with E-state index in [1.807, 2.05) is 24.4 Å². The maximum atomic E-state index is 12.6. The number of pyridine rings is 1. The van der Waals surface area contributed by atoms with Gasteiger partial charge in [0, 0.05) is 41.6 Å². The molecule has 4 N–H and O–H groups in total. The molecule has 2 aliphatic carbocycles. The van der Waals surface area contributed by atoms with Gasteiger partial charge in [-0.1, -0.05) is 19.9 Å². The molecular formula is C38H53N5O8S2. The quantitative estimate of drug-likeness (QED) is 0.0917. The Hall–Kier alpha value is -3.92. The molecule has 6 rings (SSSR count). The van der Waals surface area contributed by atoms with Crippen molar-refractivity contribution in [3.8, 4) is 16.5 Å². The summed E-state index contributed by atoms with van der Waals surface area (Å²) in [5.41, 5.74) is 3.53. The van der Waals surface area contributed by atoms with E-state index in [-0.39, 0.29) is 35.1 Å². The molecule has 13 nitrogen and oxygen atoms in total. The van der Waals surface area contributed by atoms with Gasteiger partial charge in [0.15, 0.2) is 11.5 Å². The van der Waals surface area contributed by atoms with Gasteiger partial charge in [0.1, 0.15) is 27.8 Å². The zero-order valence-electron chi connectivity index (χ0n) is 31.1. The first-order valence-corrected chi connectivity index (χ1v) is 20.3. The zero-order valence-corrected chi connectivity index (χ0v) is 32.7. The Bertz CT molecular complexity index is 1790. The third-order valence-corrected chi connectivity index (χ3v) is 11.4. The van der Waals surface area contributed by atoms with Crippen LogP contribution in [-0.2, 0) is 30.1 Å². The Labute approximate surface area is 317 Å². The Kier molecular flexibility index (Phi) is 16.2. The van der Waals surface area contributed by atoms with Crippen LogP contribution in [-0.4, -0.2) is 92.7 Å². The van der Waals surface area contributed by atoms with Crippen LogP contribution in [0.1, 0.15) is 88.8 Å². The zero-order chi connectivity index (χ0) is 38.5. The summed E-state index contributed by atoms with van der Waals surface area (Å²) < 4.78 is 23.6. The first-order valence-electron chi connectivity index (χ1n) is 18.2. The third-order valence-electron chi connectivity index (χ3n) is 9.10. The SMILES string of the molecule is C=CCCCCO[C@H](CO)C(=O)N1CCCC1C(=O)NC1CC1.COc1ccc2c(=O)cc(-c3nc(C(C)C)cs3)[nH]c2c1C.O=CNS(=O)C1CC1. The van der Waals surface area contributed by atoms with Gasteiger partial charge in [-0.25, -0.2) is 9.19 Å². The molecule has 15 heteroatoms. The maximum absolute atomic E-state index is 12.6. The number of nitrogens with one attached hydrogen (secondary N) is 3. The second-order valence-electron chi connectivity index (χ2n) is 13.6. The summed E-state index contributed by atoms with van der Waals surface area (Å²) in [6, 6.07) is 5.12. The Balaban J connectivity index is 0.000000196. The molecule has 1 saturated heterocycles. The van der Waals surface area contributed by atoms with E-state index in [0.717, 1.165) is 84.6 Å². The lowest BCUT2D eigenvalue weighted by Gasteiger charge is -2.27. The predicted octanol–water partition coefficient (Wildman–Crippen LogP) is 4.64. The fourth-order valence-electron chi connectivity index (χ4n) is 5.71. The van der Waals surface area contributed by atoms with Crippen molar-refractivity contribution in [3.63, 3.8) is 0 Å². The Morgan fingerprint density at radius 3 is 2.57 bits per heavy atom. The van der Waals surface area contributed by atoms with E-state index >= 15 is 0 Å². The molecule has 1 aliphatic heterocycles. The van der Waals surface area contributed by atoms with Crippen LogP contribution >= 0.6 is 11.3 Å². The maximum Gasteiger partial charge on any atom is 0.254 e. The molecule has 2 aromatic heterocycles. The summed E-state index contributed by atoms with van der Waals surface area (Å²) in [7, 11) is 0.552. The molecule has 0 spiro atoms. The minimum Gasteiger partial charge on any atom is -0.496 e. The van der Waals surface area contributed by atoms with Crippen molar-refractivity contribution in [2.45, 2.75) is 108 Å². The molecule has 0 radical (unpaired) electrons. The molecule has 290 valence electrons. The number of nitrogens with zero attached hydrogens (tertiary/aromatic N) is 2. The number of methoxy groups -OCH3 is 1. The topological polar surface area (TPSA) is 180 Å². The average molecular weight is 772 g/mol. The van der Waals surface area contributed by atoms with E-state index in [4.69, 9.17) is 9.47 Å². The second-order valence-corrected chi connectivity index (χ2v) is 16.0. The summed E-state index contributed by atoms with van der Waals surface area (Å²) in [6.07, 6.45) is 9.68. The number of H-pyrrole nitrogens is 1. The number of carbonyl (C=O) groups excluding carboxylic acids is 3. The smallest absolute Gasteiger partial charge is 0.254 e. The molecule has 1 aromatic carbocycles. The third kappa shape index (κ3) is 12.0. The van der Waals surface area contributed by atoms with Gasteiger partial charge in [-0.3, -0.25) is 23.9 Å². The summed E-state index contributed by atoms with van der Waals surface area (Å²) in [4.78, 5) is 56.4. The van der Waals surface area contributed by atoms with Crippen molar-refractivity contribution in [2.75, 3.05) is 26.9 Å². The highest BCUT2D eigenvalue weighted by Crippen LogP contribution is 2.29. The van der Waals surface area contributed by atoms with Crippen LogP contribution in [0.5, 0.6) is 5.75 Å². The van der Waals surface area contributed by atoms with Crippen LogP contribution in [0.25, 0.3) is 21.6 Å². The summed E-state index contributed by atoms with van der Waals surface area (Å²) in [5.74, 6) is 0.798. The average Bonchev–Trinajstić information content (AvgIpc) is 4.06. The van der Waals surface area contributed by atoms with Crippen LogP contribution in [0.2, 0.25) is 0 Å². The van der Waals surface area contributed by atoms with E-state index < -0.39 is 23.1 Å². The van der Waals surface area contributed by atoms with Gasteiger partial charge in [0.25, 0.3) is 5.91 Å². The van der Waals surface area contributed by atoms with Crippen LogP contribution in [0.15, 0.2) is 41.0 Å². The summed E-state index contributed by atoms with van der Waals surface area (Å²) in [6.45, 7) is 10.5. The van der Waals surface area contributed by atoms with Crippen LogP contribution in [0.4, 0.5) is 0 Å². The fraction of sp³-hybridized carbons (Fsp3) is 0.553. The Morgan fingerprint density at radius 1 is 1.21 bits per heavy atom. The number of aromatic amines is 1. The number of hydrogen-bond donors (Lipinski definition) is 4. The molecule has 3 aliphatic rings. The number of aliphatic hydroxyl groups is 1. The van der Waals surface area contributed by atoms with Gasteiger partial charge in [-0.05, 0) is 82.8 Å². The molecular weight excluding hydrogens is 719 g/mol. The Morgan fingerprint density at radius 2 is 1.96 bits per heavy atom. The number of unbranched alkanes of at least 4 members (excludes halogenated alkanes) is 2. The molecule has 2 unspecified atom stereocenters. The van der Waals surface area contributed by atoms with Crippen molar-refractivity contribution >= 4 is 51.4 Å². The van der Waals surface area contributed by atoms with E-state index in [1.165, 1.54) is 0 Å².